The van der Waals surface area contributed by atoms with Crippen LogP contribution in [0.15, 0.2) is 40.0 Å². The predicted molar refractivity (Wildman–Crippen MR) is 112 cm³/mol. The van der Waals surface area contributed by atoms with Gasteiger partial charge in [-0.15, -0.1) is 10.2 Å². The first-order chi connectivity index (χ1) is 13.8. The smallest absolute Gasteiger partial charge is 0.237 e. The molecule has 1 amide bonds. The summed E-state index contributed by atoms with van der Waals surface area (Å²) < 4.78 is 12.6. The molecule has 0 saturated heterocycles. The summed E-state index contributed by atoms with van der Waals surface area (Å²) in [4.78, 5) is 12.3. The van der Waals surface area contributed by atoms with Crippen molar-refractivity contribution in [2.45, 2.75) is 44.8 Å². The predicted octanol–water partition coefficient (Wildman–Crippen LogP) is 3.99. The van der Waals surface area contributed by atoms with Gasteiger partial charge in [0.2, 0.25) is 11.8 Å². The monoisotopic (exact) mass is 415 g/mol. The molecule has 9 heteroatoms. The zero-order valence-corrected chi connectivity index (χ0v) is 18.0. The molecule has 2 heterocycles. The van der Waals surface area contributed by atoms with Gasteiger partial charge in [-0.2, -0.15) is 0 Å². The third-order valence-electron chi connectivity index (χ3n) is 4.25. The molecule has 3 aromatic rings. The summed E-state index contributed by atoms with van der Waals surface area (Å²) in [5.74, 6) is 1.75. The summed E-state index contributed by atoms with van der Waals surface area (Å²) in [6, 6.07) is 9.40. The van der Waals surface area contributed by atoms with Crippen molar-refractivity contribution in [3.8, 4) is 17.1 Å². The van der Waals surface area contributed by atoms with E-state index in [0.717, 1.165) is 17.0 Å². The zero-order chi connectivity index (χ0) is 21.0. The van der Waals surface area contributed by atoms with Crippen LogP contribution in [0.25, 0.3) is 11.4 Å². The first-order valence-electron chi connectivity index (χ1n) is 9.30. The third kappa shape index (κ3) is 4.79. The number of methoxy groups -OCH3 is 1. The maximum atomic E-state index is 12.3. The molecular formula is C20H25N5O3S. The average Bonchev–Trinajstić information content (AvgIpc) is 3.32. The Morgan fingerprint density at radius 1 is 1.28 bits per heavy atom. The van der Waals surface area contributed by atoms with Crippen molar-refractivity contribution >= 4 is 23.6 Å². The zero-order valence-electron chi connectivity index (χ0n) is 17.2. The normalized spacial score (nSPS) is 11.5. The lowest BCUT2D eigenvalue weighted by atomic mass is 9.92. The Labute approximate surface area is 174 Å². The van der Waals surface area contributed by atoms with Gasteiger partial charge in [-0.25, -0.2) is 0 Å². The molecule has 0 aliphatic heterocycles. The van der Waals surface area contributed by atoms with E-state index >= 15 is 0 Å². The summed E-state index contributed by atoms with van der Waals surface area (Å²) in [6.07, 6.45) is 0. The third-order valence-corrected chi connectivity index (χ3v) is 5.22. The molecule has 2 aromatic heterocycles. The average molecular weight is 416 g/mol. The molecule has 0 aliphatic carbocycles. The topological polar surface area (TPSA) is 95.1 Å². The fourth-order valence-corrected chi connectivity index (χ4v) is 3.50. The second-order valence-electron chi connectivity index (χ2n) is 7.41. The Kier molecular flexibility index (Phi) is 6.26. The van der Waals surface area contributed by atoms with Crippen LogP contribution in [0.4, 0.5) is 5.88 Å². The van der Waals surface area contributed by atoms with Gasteiger partial charge in [0.15, 0.2) is 11.0 Å². The van der Waals surface area contributed by atoms with Crippen molar-refractivity contribution < 1.29 is 14.1 Å². The van der Waals surface area contributed by atoms with Crippen LogP contribution in [0, 0.1) is 0 Å². The number of nitrogens with one attached hydrogen (secondary N) is 1. The summed E-state index contributed by atoms with van der Waals surface area (Å²) in [5, 5.41) is 16.0. The van der Waals surface area contributed by atoms with Crippen molar-refractivity contribution in [2.24, 2.45) is 0 Å². The van der Waals surface area contributed by atoms with Gasteiger partial charge in [-0.3, -0.25) is 10.1 Å². The molecule has 0 fully saturated rings. The van der Waals surface area contributed by atoms with Crippen molar-refractivity contribution in [2.75, 3.05) is 18.2 Å². The number of hydrogen-bond donors (Lipinski definition) is 1. The largest absolute Gasteiger partial charge is 0.496 e. The van der Waals surface area contributed by atoms with E-state index in [4.69, 9.17) is 9.26 Å². The molecule has 0 spiro atoms. The molecule has 29 heavy (non-hydrogen) atoms. The SMILES string of the molecule is CCn1c(SCC(=O)Nc2cc(C(C)(C)C)no2)nnc1-c1ccccc1OC. The van der Waals surface area contributed by atoms with Crippen LogP contribution < -0.4 is 10.1 Å². The van der Waals surface area contributed by atoms with Gasteiger partial charge in [0.05, 0.1) is 24.1 Å². The summed E-state index contributed by atoms with van der Waals surface area (Å²) in [5.41, 5.74) is 1.50. The maximum Gasteiger partial charge on any atom is 0.237 e. The number of carbonyl (C=O) groups is 1. The Morgan fingerprint density at radius 3 is 2.69 bits per heavy atom. The van der Waals surface area contributed by atoms with Crippen LogP contribution in [0.2, 0.25) is 0 Å². The first kappa shape index (κ1) is 20.9. The molecule has 0 bridgehead atoms. The molecule has 0 aliphatic rings. The quantitative estimate of drug-likeness (QED) is 0.583. The summed E-state index contributed by atoms with van der Waals surface area (Å²) in [7, 11) is 1.63. The van der Waals surface area contributed by atoms with Crippen LogP contribution in [0.5, 0.6) is 5.75 Å². The molecular weight excluding hydrogens is 390 g/mol. The van der Waals surface area contributed by atoms with Crippen molar-refractivity contribution in [1.82, 2.24) is 19.9 Å². The molecule has 0 saturated carbocycles. The molecule has 8 nitrogen and oxygen atoms in total. The van der Waals surface area contributed by atoms with Crippen molar-refractivity contribution in [3.05, 3.63) is 36.0 Å². The second-order valence-corrected chi connectivity index (χ2v) is 8.36. The molecule has 3 rings (SSSR count). The molecule has 0 atom stereocenters. The van der Waals surface area contributed by atoms with Crippen LogP contribution >= 0.6 is 11.8 Å². The van der Waals surface area contributed by atoms with E-state index in [1.807, 2.05) is 56.5 Å². The highest BCUT2D eigenvalue weighted by molar-refractivity contribution is 7.99. The highest BCUT2D eigenvalue weighted by Crippen LogP contribution is 2.31. The Hall–Kier alpha value is -2.81. The fourth-order valence-electron chi connectivity index (χ4n) is 2.70. The Balaban J connectivity index is 1.69. The fraction of sp³-hybridized carbons (Fsp3) is 0.400. The summed E-state index contributed by atoms with van der Waals surface area (Å²) in [6.45, 7) is 8.77. The van der Waals surface area contributed by atoms with Gasteiger partial charge in [-0.1, -0.05) is 49.8 Å². The minimum atomic E-state index is -0.198. The minimum absolute atomic E-state index is 0.145. The number of carbonyl (C=O) groups excluding carboxylic acids is 1. The van der Waals surface area contributed by atoms with Gasteiger partial charge in [0, 0.05) is 18.0 Å². The van der Waals surface area contributed by atoms with E-state index in [0.29, 0.717) is 23.4 Å². The molecule has 0 unspecified atom stereocenters. The van der Waals surface area contributed by atoms with E-state index in [-0.39, 0.29) is 17.1 Å². The number of hydrogen-bond acceptors (Lipinski definition) is 7. The standard InChI is InChI=1S/C20H25N5O3S/c1-6-25-18(13-9-7-8-10-14(13)27-5)22-23-19(25)29-12-16(26)21-17-11-15(24-28-17)20(2,3)4/h7-11H,6,12H2,1-5H3,(H,21,26). The number of rotatable bonds is 7. The van der Waals surface area contributed by atoms with Gasteiger partial charge >= 0.3 is 0 Å². The minimum Gasteiger partial charge on any atom is -0.496 e. The van der Waals surface area contributed by atoms with E-state index < -0.39 is 0 Å². The Bertz CT molecular complexity index is 990. The van der Waals surface area contributed by atoms with Gasteiger partial charge < -0.3 is 13.8 Å². The van der Waals surface area contributed by atoms with Crippen LogP contribution in [0.1, 0.15) is 33.4 Å². The number of anilines is 1. The lowest BCUT2D eigenvalue weighted by Gasteiger charge is -2.12. The van der Waals surface area contributed by atoms with Crippen LogP contribution in [0.3, 0.4) is 0 Å². The number of para-hydroxylation sites is 1. The van der Waals surface area contributed by atoms with E-state index in [1.165, 1.54) is 11.8 Å². The molecule has 0 radical (unpaired) electrons. The second kappa shape index (κ2) is 8.69. The Morgan fingerprint density at radius 2 is 2.03 bits per heavy atom. The van der Waals surface area contributed by atoms with Crippen LogP contribution in [-0.2, 0) is 16.8 Å². The van der Waals surface area contributed by atoms with E-state index in [2.05, 4.69) is 20.7 Å². The summed E-state index contributed by atoms with van der Waals surface area (Å²) >= 11 is 1.31. The number of aromatic nitrogens is 4. The van der Waals surface area contributed by atoms with E-state index in [9.17, 15) is 4.79 Å². The lowest BCUT2D eigenvalue weighted by molar-refractivity contribution is -0.113. The maximum absolute atomic E-state index is 12.3. The van der Waals surface area contributed by atoms with Crippen molar-refractivity contribution in [1.29, 1.82) is 0 Å². The number of nitrogens with zero attached hydrogens (tertiary/aromatic N) is 4. The van der Waals surface area contributed by atoms with E-state index in [1.54, 1.807) is 13.2 Å². The highest BCUT2D eigenvalue weighted by Gasteiger charge is 2.20. The molecule has 154 valence electrons. The van der Waals surface area contributed by atoms with Crippen LogP contribution in [-0.4, -0.2) is 38.7 Å². The number of benzene rings is 1. The number of amides is 1. The molecule has 1 N–H and O–H groups in total. The number of ether oxygens (including phenoxy) is 1. The van der Waals surface area contributed by atoms with Crippen molar-refractivity contribution in [3.63, 3.8) is 0 Å². The number of thioether (sulfide) groups is 1. The van der Waals surface area contributed by atoms with Gasteiger partial charge in [0.1, 0.15) is 5.75 Å². The lowest BCUT2D eigenvalue weighted by Crippen LogP contribution is -2.14. The highest BCUT2D eigenvalue weighted by atomic mass is 32.2. The van der Waals surface area contributed by atoms with Gasteiger partial charge in [-0.05, 0) is 19.1 Å². The first-order valence-corrected chi connectivity index (χ1v) is 10.3. The van der Waals surface area contributed by atoms with Gasteiger partial charge in [0.25, 0.3) is 0 Å². The molecule has 1 aromatic carbocycles.